The summed E-state index contributed by atoms with van der Waals surface area (Å²) < 4.78 is 0. The number of hydrogen-bond acceptors (Lipinski definition) is 3. The first-order chi connectivity index (χ1) is 4.85. The lowest BCUT2D eigenvalue weighted by molar-refractivity contribution is -0.102. The molecule has 0 rings (SSSR count). The van der Waals surface area contributed by atoms with Crippen molar-refractivity contribution in [2.75, 3.05) is 13.6 Å². The van der Waals surface area contributed by atoms with E-state index in [1.165, 1.54) is 6.21 Å². The third-order valence-electron chi connectivity index (χ3n) is 1.27. The van der Waals surface area contributed by atoms with Crippen LogP contribution in [0.2, 0.25) is 0 Å². The molecule has 58 valence electrons. The number of nitrogens with one attached hydrogen (secondary N) is 1. The molecule has 0 aromatic carbocycles. The number of carbonyl (C=O) groups is 1. The van der Waals surface area contributed by atoms with Gasteiger partial charge in [0.2, 0.25) is 0 Å². The first kappa shape index (κ1) is 9.30. The Morgan fingerprint density at radius 3 is 2.80 bits per heavy atom. The minimum atomic E-state index is 0.246. The van der Waals surface area contributed by atoms with Crippen LogP contribution in [0.25, 0.3) is 0 Å². The Hall–Kier alpha value is -0.700. The van der Waals surface area contributed by atoms with E-state index >= 15 is 0 Å². The summed E-state index contributed by atoms with van der Waals surface area (Å²) in [7, 11) is 1.87. The van der Waals surface area contributed by atoms with Gasteiger partial charge in [0.15, 0.2) is 6.29 Å². The molecule has 10 heavy (non-hydrogen) atoms. The van der Waals surface area contributed by atoms with Gasteiger partial charge in [-0.1, -0.05) is 6.92 Å². The van der Waals surface area contributed by atoms with Crippen LogP contribution in [0.4, 0.5) is 0 Å². The second-order valence-electron chi connectivity index (χ2n) is 2.05. The summed E-state index contributed by atoms with van der Waals surface area (Å²) in [4.78, 5) is 13.9. The monoisotopic (exact) mass is 142 g/mol. The number of carbonyl (C=O) groups excluding carboxylic acids is 1. The van der Waals surface area contributed by atoms with Crippen LogP contribution in [0.3, 0.4) is 0 Å². The van der Waals surface area contributed by atoms with E-state index in [0.29, 0.717) is 6.29 Å². The quantitative estimate of drug-likeness (QED) is 0.441. The topological polar surface area (TPSA) is 41.5 Å². The van der Waals surface area contributed by atoms with Crippen molar-refractivity contribution in [1.82, 2.24) is 5.32 Å². The molecular formula is C7H14N2O. The number of aldehydes is 1. The maximum absolute atomic E-state index is 9.86. The Morgan fingerprint density at radius 2 is 2.40 bits per heavy atom. The van der Waals surface area contributed by atoms with E-state index in [1.807, 2.05) is 14.0 Å². The molecular weight excluding hydrogens is 128 g/mol. The number of rotatable bonds is 5. The third kappa shape index (κ3) is 4.21. The molecule has 0 heterocycles. The molecule has 0 saturated carbocycles. The number of hydrogen-bond donors (Lipinski definition) is 1. The van der Waals surface area contributed by atoms with Gasteiger partial charge in [0, 0.05) is 6.54 Å². The van der Waals surface area contributed by atoms with Crippen LogP contribution in [0.1, 0.15) is 13.3 Å². The SMILES string of the molecule is CCC(CNC)N=CC=O. The lowest BCUT2D eigenvalue weighted by Gasteiger charge is -2.06. The lowest BCUT2D eigenvalue weighted by Crippen LogP contribution is -2.21. The van der Waals surface area contributed by atoms with E-state index in [4.69, 9.17) is 0 Å². The average molecular weight is 142 g/mol. The molecule has 0 fully saturated rings. The normalized spacial score (nSPS) is 13.8. The van der Waals surface area contributed by atoms with Gasteiger partial charge in [-0.3, -0.25) is 9.79 Å². The Labute approximate surface area is 61.5 Å². The zero-order chi connectivity index (χ0) is 7.82. The van der Waals surface area contributed by atoms with Crippen molar-refractivity contribution in [1.29, 1.82) is 0 Å². The van der Waals surface area contributed by atoms with Crippen LogP contribution in [0.15, 0.2) is 4.99 Å². The van der Waals surface area contributed by atoms with Crippen LogP contribution in [-0.2, 0) is 4.79 Å². The summed E-state index contributed by atoms with van der Waals surface area (Å²) in [5, 5.41) is 3.00. The fourth-order valence-corrected chi connectivity index (χ4v) is 0.695. The minimum Gasteiger partial charge on any atom is -0.318 e. The van der Waals surface area contributed by atoms with Crippen LogP contribution >= 0.6 is 0 Å². The minimum absolute atomic E-state index is 0.246. The fraction of sp³-hybridized carbons (Fsp3) is 0.714. The Balaban J connectivity index is 3.58. The molecule has 3 heteroatoms. The first-order valence-corrected chi connectivity index (χ1v) is 3.46. The van der Waals surface area contributed by atoms with E-state index in [-0.39, 0.29) is 6.04 Å². The molecule has 0 spiro atoms. The summed E-state index contributed by atoms with van der Waals surface area (Å²) in [6.45, 7) is 2.88. The maximum atomic E-state index is 9.86. The predicted octanol–water partition coefficient (Wildman–Crippen LogP) is 0.254. The van der Waals surface area contributed by atoms with Gasteiger partial charge < -0.3 is 5.32 Å². The maximum Gasteiger partial charge on any atom is 0.160 e. The molecule has 0 aromatic rings. The molecule has 1 atom stereocenters. The molecule has 0 saturated heterocycles. The zero-order valence-corrected chi connectivity index (χ0v) is 6.50. The summed E-state index contributed by atoms with van der Waals surface area (Å²) in [6, 6.07) is 0.246. The van der Waals surface area contributed by atoms with Crippen molar-refractivity contribution in [2.24, 2.45) is 4.99 Å². The highest BCUT2D eigenvalue weighted by molar-refractivity contribution is 6.12. The van der Waals surface area contributed by atoms with Gasteiger partial charge in [0.1, 0.15) is 0 Å². The van der Waals surface area contributed by atoms with E-state index in [0.717, 1.165) is 13.0 Å². The molecule has 0 aliphatic rings. The highest BCUT2D eigenvalue weighted by Gasteiger charge is 1.98. The molecule has 1 unspecified atom stereocenters. The predicted molar refractivity (Wildman–Crippen MR) is 42.6 cm³/mol. The van der Waals surface area contributed by atoms with Crippen molar-refractivity contribution in [3.63, 3.8) is 0 Å². The summed E-state index contributed by atoms with van der Waals surface area (Å²) in [6.07, 6.45) is 2.98. The summed E-state index contributed by atoms with van der Waals surface area (Å²) in [5.74, 6) is 0. The highest BCUT2D eigenvalue weighted by Crippen LogP contribution is 1.92. The molecule has 0 aromatic heterocycles. The Morgan fingerprint density at radius 1 is 1.70 bits per heavy atom. The van der Waals surface area contributed by atoms with E-state index in [1.54, 1.807) is 0 Å². The summed E-state index contributed by atoms with van der Waals surface area (Å²) in [5.41, 5.74) is 0. The molecule has 3 nitrogen and oxygen atoms in total. The molecule has 0 amide bonds. The molecule has 0 radical (unpaired) electrons. The van der Waals surface area contributed by atoms with Crippen LogP contribution in [0, 0.1) is 0 Å². The van der Waals surface area contributed by atoms with E-state index < -0.39 is 0 Å². The van der Waals surface area contributed by atoms with Crippen LogP contribution in [-0.4, -0.2) is 32.1 Å². The van der Waals surface area contributed by atoms with Crippen LogP contribution < -0.4 is 5.32 Å². The Kier molecular flexibility index (Phi) is 5.97. The van der Waals surface area contributed by atoms with Gasteiger partial charge in [-0.15, -0.1) is 0 Å². The van der Waals surface area contributed by atoms with Gasteiger partial charge in [-0.25, -0.2) is 0 Å². The lowest BCUT2D eigenvalue weighted by atomic mass is 10.2. The van der Waals surface area contributed by atoms with Gasteiger partial charge in [0.25, 0.3) is 0 Å². The van der Waals surface area contributed by atoms with Crippen molar-refractivity contribution >= 4 is 12.5 Å². The smallest absolute Gasteiger partial charge is 0.160 e. The van der Waals surface area contributed by atoms with Gasteiger partial charge in [-0.05, 0) is 13.5 Å². The second kappa shape index (κ2) is 6.42. The van der Waals surface area contributed by atoms with Gasteiger partial charge >= 0.3 is 0 Å². The Bertz CT molecular complexity index is 112. The largest absolute Gasteiger partial charge is 0.318 e. The second-order valence-corrected chi connectivity index (χ2v) is 2.05. The van der Waals surface area contributed by atoms with Gasteiger partial charge in [-0.2, -0.15) is 0 Å². The fourth-order valence-electron chi connectivity index (χ4n) is 0.695. The zero-order valence-electron chi connectivity index (χ0n) is 6.50. The van der Waals surface area contributed by atoms with E-state index in [9.17, 15) is 4.79 Å². The molecule has 0 bridgehead atoms. The van der Waals surface area contributed by atoms with Crippen molar-refractivity contribution < 1.29 is 4.79 Å². The van der Waals surface area contributed by atoms with Gasteiger partial charge in [0.05, 0.1) is 12.3 Å². The molecule has 1 N–H and O–H groups in total. The number of nitrogens with zero attached hydrogens (tertiary/aromatic N) is 1. The van der Waals surface area contributed by atoms with Crippen LogP contribution in [0.5, 0.6) is 0 Å². The van der Waals surface area contributed by atoms with Crippen molar-refractivity contribution in [3.8, 4) is 0 Å². The standard InChI is InChI=1S/C7H14N2O/c1-3-7(6-8-2)9-4-5-10/h4-5,7-8H,3,6H2,1-2H3. The highest BCUT2D eigenvalue weighted by atomic mass is 16.1. The number of likely N-dealkylation sites (N-methyl/N-ethyl adjacent to an activating group) is 1. The third-order valence-corrected chi connectivity index (χ3v) is 1.27. The molecule has 0 aliphatic heterocycles. The first-order valence-electron chi connectivity index (χ1n) is 3.46. The van der Waals surface area contributed by atoms with Crippen molar-refractivity contribution in [2.45, 2.75) is 19.4 Å². The average Bonchev–Trinajstić information content (AvgIpc) is 1.98. The summed E-state index contributed by atoms with van der Waals surface area (Å²) >= 11 is 0. The number of aliphatic imine (C=N–C) groups is 1. The van der Waals surface area contributed by atoms with E-state index in [2.05, 4.69) is 10.3 Å². The molecule has 0 aliphatic carbocycles. The van der Waals surface area contributed by atoms with Crippen molar-refractivity contribution in [3.05, 3.63) is 0 Å².